The summed E-state index contributed by atoms with van der Waals surface area (Å²) >= 11 is 3.31. The Bertz CT molecular complexity index is 2170. The maximum Gasteiger partial charge on any atom is 0.341 e. The summed E-state index contributed by atoms with van der Waals surface area (Å²) in [5, 5.41) is 27.5. The van der Waals surface area contributed by atoms with E-state index in [9.17, 15) is 9.59 Å². The van der Waals surface area contributed by atoms with Crippen LogP contribution in [0.2, 0.25) is 0 Å². The van der Waals surface area contributed by atoms with Crippen LogP contribution in [0.25, 0.3) is 23.0 Å². The lowest BCUT2D eigenvalue weighted by Crippen LogP contribution is -2.15. The highest BCUT2D eigenvalue weighted by Crippen LogP contribution is 2.23. The highest BCUT2D eigenvalue weighted by Gasteiger charge is 2.17. The molecular formula is C35H39BrN12O5. The van der Waals surface area contributed by atoms with E-state index in [0.29, 0.717) is 39.2 Å². The van der Waals surface area contributed by atoms with Gasteiger partial charge < -0.3 is 34.8 Å². The zero-order valence-corrected chi connectivity index (χ0v) is 31.7. The van der Waals surface area contributed by atoms with Gasteiger partial charge in [-0.1, -0.05) is 12.1 Å². The van der Waals surface area contributed by atoms with Crippen molar-refractivity contribution < 1.29 is 24.2 Å². The highest BCUT2D eigenvalue weighted by molar-refractivity contribution is 9.10. The molecule has 0 saturated heterocycles. The van der Waals surface area contributed by atoms with Crippen molar-refractivity contribution in [2.75, 3.05) is 25.3 Å². The molecule has 6 heterocycles. The topological polar surface area (TPSA) is 224 Å². The lowest BCUT2D eigenvalue weighted by Gasteiger charge is -2.11. The Hall–Kier alpha value is -6.30. The molecule has 0 unspecified atom stereocenters. The predicted octanol–water partition coefficient (Wildman–Crippen LogP) is 5.94. The Morgan fingerprint density at radius 3 is 1.91 bits per heavy atom. The molecule has 18 heteroatoms. The zero-order valence-electron chi connectivity index (χ0n) is 30.1. The summed E-state index contributed by atoms with van der Waals surface area (Å²) in [6, 6.07) is 14.5. The van der Waals surface area contributed by atoms with Crippen LogP contribution in [-0.4, -0.2) is 80.7 Å². The number of aryl methyl sites for hydroxylation is 1. The number of aromatic nitrogens is 10. The van der Waals surface area contributed by atoms with Crippen LogP contribution in [0.15, 0.2) is 78.1 Å². The number of rotatable bonds is 9. The van der Waals surface area contributed by atoms with Gasteiger partial charge >= 0.3 is 5.97 Å². The number of hydrogen-bond acceptors (Lipinski definition) is 13. The lowest BCUT2D eigenvalue weighted by atomic mass is 10.2. The maximum atomic E-state index is 12.6. The number of carbonyl (C=O) groups is 2. The fraction of sp³-hybridized carbons (Fsp3) is 0.257. The normalized spacial score (nSPS) is 10.5. The Balaban J connectivity index is 0.000000196. The smallest absolute Gasteiger partial charge is 0.341 e. The molecule has 0 aliphatic heterocycles. The molecule has 53 heavy (non-hydrogen) atoms. The molecule has 0 spiro atoms. The van der Waals surface area contributed by atoms with Crippen molar-refractivity contribution in [3.05, 3.63) is 94.7 Å². The number of nitrogens with two attached hydrogens (primary N) is 1. The van der Waals surface area contributed by atoms with Crippen LogP contribution in [-0.2, 0) is 0 Å². The minimum Gasteiger partial charge on any atom is -0.480 e. The van der Waals surface area contributed by atoms with Gasteiger partial charge in [-0.3, -0.25) is 4.79 Å². The highest BCUT2D eigenvalue weighted by atomic mass is 79.9. The molecule has 0 aromatic carbocycles. The molecule has 4 N–H and O–H groups in total. The van der Waals surface area contributed by atoms with Crippen LogP contribution in [0.5, 0.6) is 11.8 Å². The van der Waals surface area contributed by atoms with Crippen LogP contribution >= 0.6 is 15.9 Å². The van der Waals surface area contributed by atoms with Crippen LogP contribution in [0.1, 0.15) is 66.1 Å². The second-order valence-electron chi connectivity index (χ2n) is 11.7. The van der Waals surface area contributed by atoms with Crippen LogP contribution in [0.3, 0.4) is 0 Å². The summed E-state index contributed by atoms with van der Waals surface area (Å²) in [5.74, 6) is 1.26. The Labute approximate surface area is 313 Å². The van der Waals surface area contributed by atoms with Crippen LogP contribution in [0.4, 0.5) is 11.6 Å². The first-order valence-electron chi connectivity index (χ1n) is 16.1. The standard InChI is InChI=1S/C17H17BrN6O2.C10H13N5.C8H9NO3/c1-10(2)24-9-20-23-15(24)13-5-4-6-14(21-13)22-16(25)12-7-11(18)8-19-17(12)26-3;1-7(2)15-6-12-14-10(15)8-4-3-5-9(11)13-8;1-5-3-6(8(10)11)7(12-2)9-4-5/h4-10H,1-3H3,(H,21,22,25);3-7H,1-2H3,(H2,11,13);3-4H,1-2H3,(H,10,11). The zero-order chi connectivity index (χ0) is 38.7. The summed E-state index contributed by atoms with van der Waals surface area (Å²) in [6.45, 7) is 9.98. The molecule has 276 valence electrons. The fourth-order valence-corrected chi connectivity index (χ4v) is 4.95. The van der Waals surface area contributed by atoms with Gasteiger partial charge in [-0.15, -0.1) is 20.4 Å². The molecule has 0 aliphatic carbocycles. The molecule has 0 bridgehead atoms. The van der Waals surface area contributed by atoms with E-state index in [-0.39, 0.29) is 29.3 Å². The van der Waals surface area contributed by atoms with Gasteiger partial charge in [-0.2, -0.15) is 0 Å². The molecular weight excluding hydrogens is 748 g/mol. The van der Waals surface area contributed by atoms with Gasteiger partial charge in [0.25, 0.3) is 5.91 Å². The van der Waals surface area contributed by atoms with Crippen LogP contribution in [0, 0.1) is 6.92 Å². The monoisotopic (exact) mass is 786 g/mol. The first-order valence-corrected chi connectivity index (χ1v) is 16.9. The molecule has 0 fully saturated rings. The number of halogens is 1. The number of nitrogen functional groups attached to an aromatic ring is 1. The number of aromatic carboxylic acids is 1. The van der Waals surface area contributed by atoms with Gasteiger partial charge in [-0.05, 0) is 92.5 Å². The summed E-state index contributed by atoms with van der Waals surface area (Å²) in [7, 11) is 2.86. The second kappa shape index (κ2) is 18.3. The second-order valence-corrected chi connectivity index (χ2v) is 12.6. The van der Waals surface area contributed by atoms with E-state index in [1.807, 2.05) is 41.2 Å². The fourth-order valence-electron chi connectivity index (χ4n) is 4.62. The molecule has 1 amide bonds. The number of anilines is 2. The number of nitrogens with one attached hydrogen (secondary N) is 1. The minimum absolute atomic E-state index is 0.0949. The number of hydrogen-bond donors (Lipinski definition) is 3. The van der Waals surface area contributed by atoms with E-state index in [2.05, 4.69) is 75.4 Å². The molecule has 0 saturated carbocycles. The van der Waals surface area contributed by atoms with E-state index in [4.69, 9.17) is 20.3 Å². The van der Waals surface area contributed by atoms with Gasteiger partial charge in [0, 0.05) is 29.0 Å². The van der Waals surface area contributed by atoms with Gasteiger partial charge in [0.1, 0.15) is 46.8 Å². The van der Waals surface area contributed by atoms with Crippen molar-refractivity contribution in [3.63, 3.8) is 0 Å². The van der Waals surface area contributed by atoms with E-state index < -0.39 is 5.97 Å². The van der Waals surface area contributed by atoms with Crippen LogP contribution < -0.4 is 20.5 Å². The first kappa shape index (κ1) is 39.5. The van der Waals surface area contributed by atoms with E-state index in [1.54, 1.807) is 56.2 Å². The Kier molecular flexibility index (Phi) is 13.6. The van der Waals surface area contributed by atoms with E-state index >= 15 is 0 Å². The van der Waals surface area contributed by atoms with E-state index in [0.717, 1.165) is 17.1 Å². The molecule has 6 rings (SSSR count). The van der Waals surface area contributed by atoms with E-state index in [1.165, 1.54) is 20.3 Å². The molecule has 0 radical (unpaired) electrons. The first-order chi connectivity index (χ1) is 25.3. The molecule has 6 aromatic rings. The van der Waals surface area contributed by atoms with Gasteiger partial charge in [-0.25, -0.2) is 24.7 Å². The van der Waals surface area contributed by atoms with Crippen molar-refractivity contribution in [3.8, 4) is 34.8 Å². The summed E-state index contributed by atoms with van der Waals surface area (Å²) in [6.07, 6.45) is 6.48. The number of carbonyl (C=O) groups excluding carboxylic acids is 1. The third-order valence-electron chi connectivity index (χ3n) is 7.15. The lowest BCUT2D eigenvalue weighted by molar-refractivity contribution is 0.0692. The summed E-state index contributed by atoms with van der Waals surface area (Å²) in [4.78, 5) is 39.8. The minimum atomic E-state index is -1.02. The number of amides is 1. The SMILES string of the molecule is CC(C)n1cnnc1-c1cccc(N)n1.COc1ncc(Br)cc1C(=O)Nc1cccc(-c2nncn2C(C)C)n1.COc1ncc(C)cc1C(=O)O. The number of carboxylic acid groups (broad SMARTS) is 1. The predicted molar refractivity (Wildman–Crippen MR) is 201 cm³/mol. The van der Waals surface area contributed by atoms with Crippen molar-refractivity contribution >= 4 is 39.4 Å². The summed E-state index contributed by atoms with van der Waals surface area (Å²) in [5.41, 5.74) is 8.19. The van der Waals surface area contributed by atoms with Crippen molar-refractivity contribution in [2.45, 2.75) is 46.7 Å². The number of pyridine rings is 4. The van der Waals surface area contributed by atoms with Gasteiger partial charge in [0.05, 0.1) is 14.2 Å². The Morgan fingerprint density at radius 2 is 1.36 bits per heavy atom. The molecule has 0 aliphatic rings. The Morgan fingerprint density at radius 1 is 0.811 bits per heavy atom. The number of carboxylic acids is 1. The molecule has 6 aromatic heterocycles. The number of methoxy groups -OCH3 is 2. The third-order valence-corrected chi connectivity index (χ3v) is 7.58. The van der Waals surface area contributed by atoms with Crippen molar-refractivity contribution in [2.24, 2.45) is 0 Å². The maximum absolute atomic E-state index is 12.6. The summed E-state index contributed by atoms with van der Waals surface area (Å²) < 4.78 is 14.5. The average Bonchev–Trinajstić information content (AvgIpc) is 3.84. The quantitative estimate of drug-likeness (QED) is 0.154. The average molecular weight is 788 g/mol. The largest absolute Gasteiger partial charge is 0.480 e. The number of ether oxygens (including phenoxy) is 2. The van der Waals surface area contributed by atoms with Crippen molar-refractivity contribution in [1.29, 1.82) is 0 Å². The van der Waals surface area contributed by atoms with Gasteiger partial charge in [0.15, 0.2) is 11.6 Å². The van der Waals surface area contributed by atoms with Crippen molar-refractivity contribution in [1.82, 2.24) is 49.5 Å². The number of nitrogens with zero attached hydrogens (tertiary/aromatic N) is 10. The van der Waals surface area contributed by atoms with Gasteiger partial charge in [0.2, 0.25) is 11.8 Å². The molecule has 17 nitrogen and oxygen atoms in total. The third kappa shape index (κ3) is 10.4. The molecule has 0 atom stereocenters.